The van der Waals surface area contributed by atoms with Crippen molar-refractivity contribution in [3.05, 3.63) is 0 Å². The Morgan fingerprint density at radius 2 is 2.00 bits per heavy atom. The van der Waals surface area contributed by atoms with Crippen LogP contribution in [0.2, 0.25) is 0 Å². The number of hydrogen-bond acceptors (Lipinski definition) is 3. The van der Waals surface area contributed by atoms with E-state index in [9.17, 15) is 27.9 Å². The highest BCUT2D eigenvalue weighted by molar-refractivity contribution is 5.80. The van der Waals surface area contributed by atoms with Crippen LogP contribution >= 0.6 is 0 Å². The first kappa shape index (κ1) is 15.1. The van der Waals surface area contributed by atoms with E-state index in [1.165, 1.54) is 4.90 Å². The van der Waals surface area contributed by atoms with Gasteiger partial charge in [-0.2, -0.15) is 13.2 Å². The molecular weight excluding hydrogens is 277 g/mol. The summed E-state index contributed by atoms with van der Waals surface area (Å²) in [7, 11) is 0. The quantitative estimate of drug-likeness (QED) is 0.806. The molecule has 8 heteroatoms. The van der Waals surface area contributed by atoms with Gasteiger partial charge in [-0.15, -0.1) is 0 Å². The largest absolute Gasteiger partial charge is 0.480 e. The monoisotopic (exact) mass is 294 g/mol. The summed E-state index contributed by atoms with van der Waals surface area (Å²) in [6.07, 6.45) is -1.74. The smallest absolute Gasteiger partial charge is 0.405 e. The van der Waals surface area contributed by atoms with E-state index in [-0.39, 0.29) is 18.4 Å². The first-order chi connectivity index (χ1) is 9.28. The van der Waals surface area contributed by atoms with Gasteiger partial charge in [-0.05, 0) is 24.7 Å². The van der Waals surface area contributed by atoms with Crippen LogP contribution in [0.15, 0.2) is 0 Å². The maximum Gasteiger partial charge on any atom is 0.405 e. The Bertz CT molecular complexity index is 400. The van der Waals surface area contributed by atoms with Crippen molar-refractivity contribution in [2.45, 2.75) is 31.5 Å². The second-order valence-corrected chi connectivity index (χ2v) is 5.46. The molecule has 0 aromatic heterocycles. The lowest BCUT2D eigenvalue weighted by molar-refractivity contribution is -0.145. The number of rotatable bonds is 4. The van der Waals surface area contributed by atoms with Gasteiger partial charge >= 0.3 is 12.1 Å². The standard InChI is InChI=1S/C12H17F3N2O3/c13-12(14,15)6-16-9(18)5-17-4-7-2-1-3-8(7)10(17)11(19)20/h7-8,10H,1-6H2,(H,16,18)(H,19,20). The molecule has 2 fully saturated rings. The molecule has 1 aliphatic heterocycles. The van der Waals surface area contributed by atoms with Crippen molar-refractivity contribution in [2.24, 2.45) is 11.8 Å². The van der Waals surface area contributed by atoms with E-state index in [0.29, 0.717) is 6.54 Å². The number of hydrogen-bond donors (Lipinski definition) is 2. The fourth-order valence-corrected chi connectivity index (χ4v) is 3.33. The number of aliphatic carboxylic acids is 1. The summed E-state index contributed by atoms with van der Waals surface area (Å²) in [6, 6.07) is -0.751. The van der Waals surface area contributed by atoms with Gasteiger partial charge in [0.15, 0.2) is 0 Å². The van der Waals surface area contributed by atoms with Gasteiger partial charge in [-0.25, -0.2) is 0 Å². The van der Waals surface area contributed by atoms with Crippen LogP contribution < -0.4 is 5.32 Å². The number of alkyl halides is 3. The van der Waals surface area contributed by atoms with Crippen LogP contribution in [0.25, 0.3) is 0 Å². The van der Waals surface area contributed by atoms with Crippen molar-refractivity contribution in [3.63, 3.8) is 0 Å². The van der Waals surface area contributed by atoms with Gasteiger partial charge < -0.3 is 10.4 Å². The Morgan fingerprint density at radius 1 is 1.30 bits per heavy atom. The molecule has 3 atom stereocenters. The van der Waals surface area contributed by atoms with Crippen molar-refractivity contribution in [1.29, 1.82) is 0 Å². The normalized spacial score (nSPS) is 30.2. The number of carbonyl (C=O) groups is 2. The van der Waals surface area contributed by atoms with Gasteiger partial charge in [-0.3, -0.25) is 14.5 Å². The summed E-state index contributed by atoms with van der Waals surface area (Å²) in [6.45, 7) is -1.20. The summed E-state index contributed by atoms with van der Waals surface area (Å²) in [5.74, 6) is -1.52. The van der Waals surface area contributed by atoms with Crippen LogP contribution in [0.3, 0.4) is 0 Å². The number of carbonyl (C=O) groups excluding carboxylic acids is 1. The minimum atomic E-state index is -4.45. The molecule has 1 amide bonds. The second-order valence-electron chi connectivity index (χ2n) is 5.46. The number of fused-ring (bicyclic) bond motifs is 1. The first-order valence-electron chi connectivity index (χ1n) is 6.58. The SMILES string of the molecule is O=C(CN1CC2CCCC2C1C(=O)O)NCC(F)(F)F. The minimum absolute atomic E-state index is 0.0166. The third-order valence-electron chi connectivity index (χ3n) is 4.07. The van der Waals surface area contributed by atoms with Crippen LogP contribution in [0.1, 0.15) is 19.3 Å². The Hall–Kier alpha value is -1.31. The highest BCUT2D eigenvalue weighted by Crippen LogP contribution is 2.42. The maximum absolute atomic E-state index is 12.0. The molecule has 2 aliphatic rings. The van der Waals surface area contributed by atoms with Gasteiger partial charge in [0.2, 0.25) is 5.91 Å². The second kappa shape index (κ2) is 5.59. The number of carboxylic acids is 1. The summed E-state index contributed by atoms with van der Waals surface area (Å²) >= 11 is 0. The van der Waals surface area contributed by atoms with Crippen molar-refractivity contribution in [1.82, 2.24) is 10.2 Å². The predicted octanol–water partition coefficient (Wildman–Crippen LogP) is 0.850. The summed E-state index contributed by atoms with van der Waals surface area (Å²) in [4.78, 5) is 24.3. The van der Waals surface area contributed by atoms with Gasteiger partial charge in [0.25, 0.3) is 0 Å². The molecule has 20 heavy (non-hydrogen) atoms. The third kappa shape index (κ3) is 3.41. The van der Waals surface area contributed by atoms with E-state index in [4.69, 9.17) is 0 Å². The van der Waals surface area contributed by atoms with Crippen LogP contribution in [-0.4, -0.2) is 53.7 Å². The average Bonchev–Trinajstić information content (AvgIpc) is 2.84. The molecule has 5 nitrogen and oxygen atoms in total. The van der Waals surface area contributed by atoms with Gasteiger partial charge in [0.1, 0.15) is 12.6 Å². The molecule has 0 aromatic carbocycles. The lowest BCUT2D eigenvalue weighted by Gasteiger charge is -2.23. The topological polar surface area (TPSA) is 69.6 Å². The fourth-order valence-electron chi connectivity index (χ4n) is 3.33. The van der Waals surface area contributed by atoms with E-state index < -0.39 is 30.6 Å². The molecule has 3 unspecified atom stereocenters. The Kier molecular flexibility index (Phi) is 4.22. The number of amides is 1. The zero-order valence-corrected chi connectivity index (χ0v) is 10.8. The Balaban J connectivity index is 1.91. The molecule has 1 heterocycles. The maximum atomic E-state index is 12.0. The van der Waals surface area contributed by atoms with E-state index >= 15 is 0 Å². The van der Waals surface area contributed by atoms with E-state index in [0.717, 1.165) is 19.3 Å². The van der Waals surface area contributed by atoms with E-state index in [2.05, 4.69) is 0 Å². The number of nitrogens with zero attached hydrogens (tertiary/aromatic N) is 1. The molecule has 0 bridgehead atoms. The lowest BCUT2D eigenvalue weighted by Crippen LogP contribution is -2.46. The van der Waals surface area contributed by atoms with Crippen molar-refractivity contribution in [3.8, 4) is 0 Å². The molecule has 0 aromatic rings. The molecular formula is C12H17F3N2O3. The Labute approximate surface area is 114 Å². The predicted molar refractivity (Wildman–Crippen MR) is 62.9 cm³/mol. The van der Waals surface area contributed by atoms with Gasteiger partial charge in [-0.1, -0.05) is 6.42 Å². The number of halogens is 3. The van der Waals surface area contributed by atoms with Gasteiger partial charge in [0, 0.05) is 6.54 Å². The Morgan fingerprint density at radius 3 is 2.60 bits per heavy atom. The molecule has 0 radical (unpaired) electrons. The summed E-state index contributed by atoms with van der Waals surface area (Å²) < 4.78 is 36.0. The summed E-state index contributed by atoms with van der Waals surface area (Å²) in [5.41, 5.74) is 0. The third-order valence-corrected chi connectivity index (χ3v) is 4.07. The molecule has 2 rings (SSSR count). The summed E-state index contributed by atoms with van der Waals surface area (Å²) in [5, 5.41) is 11.0. The molecule has 1 saturated carbocycles. The van der Waals surface area contributed by atoms with E-state index in [1.807, 2.05) is 0 Å². The highest BCUT2D eigenvalue weighted by atomic mass is 19.4. The van der Waals surface area contributed by atoms with Crippen LogP contribution in [0, 0.1) is 11.8 Å². The molecule has 114 valence electrons. The van der Waals surface area contributed by atoms with Crippen LogP contribution in [0.5, 0.6) is 0 Å². The number of nitrogens with one attached hydrogen (secondary N) is 1. The molecule has 0 spiro atoms. The van der Waals surface area contributed by atoms with Crippen molar-refractivity contribution in [2.75, 3.05) is 19.6 Å². The van der Waals surface area contributed by atoms with Gasteiger partial charge in [0.05, 0.1) is 6.54 Å². The van der Waals surface area contributed by atoms with Crippen LogP contribution in [0.4, 0.5) is 13.2 Å². The number of carboxylic acid groups (broad SMARTS) is 1. The van der Waals surface area contributed by atoms with Crippen molar-refractivity contribution < 1.29 is 27.9 Å². The highest BCUT2D eigenvalue weighted by Gasteiger charge is 2.48. The zero-order chi connectivity index (χ0) is 14.9. The molecule has 1 saturated heterocycles. The van der Waals surface area contributed by atoms with E-state index in [1.54, 1.807) is 5.32 Å². The molecule has 1 aliphatic carbocycles. The minimum Gasteiger partial charge on any atom is -0.480 e. The zero-order valence-electron chi connectivity index (χ0n) is 10.8. The van der Waals surface area contributed by atoms with Crippen LogP contribution in [-0.2, 0) is 9.59 Å². The fraction of sp³-hybridized carbons (Fsp3) is 0.833. The number of likely N-dealkylation sites (tertiary alicyclic amines) is 1. The average molecular weight is 294 g/mol. The lowest BCUT2D eigenvalue weighted by atomic mass is 9.94. The first-order valence-corrected chi connectivity index (χ1v) is 6.58. The van der Waals surface area contributed by atoms with Crippen molar-refractivity contribution >= 4 is 11.9 Å². The molecule has 2 N–H and O–H groups in total.